The number of rotatable bonds is 4. The minimum atomic E-state index is -4.68. The Balaban J connectivity index is 2.12. The highest BCUT2D eigenvalue weighted by molar-refractivity contribution is 6.07. The van der Waals surface area contributed by atoms with Gasteiger partial charge >= 0.3 is 12.2 Å². The molecule has 2 heterocycles. The minimum absolute atomic E-state index is 0.130. The second kappa shape index (κ2) is 7.19. The van der Waals surface area contributed by atoms with Gasteiger partial charge in [0.2, 0.25) is 0 Å². The molecule has 28 heavy (non-hydrogen) atoms. The number of aryl methyl sites for hydroxylation is 1. The number of halogens is 3. The molecule has 1 aromatic heterocycles. The van der Waals surface area contributed by atoms with Gasteiger partial charge in [-0.1, -0.05) is 13.8 Å². The summed E-state index contributed by atoms with van der Waals surface area (Å²) in [6, 6.07) is 4.05. The molecule has 1 aliphatic heterocycles. The van der Waals surface area contributed by atoms with Crippen molar-refractivity contribution < 1.29 is 18.0 Å². The van der Waals surface area contributed by atoms with E-state index in [0.29, 0.717) is 24.2 Å². The zero-order valence-electron chi connectivity index (χ0n) is 15.7. The molecule has 1 N–H and O–H groups in total. The normalized spacial score (nSPS) is 20.0. The van der Waals surface area contributed by atoms with E-state index in [9.17, 15) is 18.0 Å². The van der Waals surface area contributed by atoms with Gasteiger partial charge in [0, 0.05) is 5.69 Å². The Bertz CT molecular complexity index is 930. The van der Waals surface area contributed by atoms with Crippen molar-refractivity contribution in [3.05, 3.63) is 41.2 Å². The second-order valence-electron chi connectivity index (χ2n) is 6.69. The van der Waals surface area contributed by atoms with Crippen LogP contribution < -0.4 is 9.80 Å². The summed E-state index contributed by atoms with van der Waals surface area (Å²) in [4.78, 5) is 16.3. The molecule has 1 saturated heterocycles. The number of alkyl halides is 3. The number of carbonyl (C=O) groups is 1. The third-order valence-electron chi connectivity index (χ3n) is 5.13. The molecule has 0 aliphatic carbocycles. The Kier molecular flexibility index (Phi) is 5.06. The third kappa shape index (κ3) is 3.09. The van der Waals surface area contributed by atoms with E-state index < -0.39 is 23.3 Å². The van der Waals surface area contributed by atoms with Crippen LogP contribution in [0, 0.1) is 18.3 Å². The van der Waals surface area contributed by atoms with Crippen LogP contribution in [-0.2, 0) is 6.18 Å². The van der Waals surface area contributed by atoms with Gasteiger partial charge in [0.05, 0.1) is 46.9 Å². The van der Waals surface area contributed by atoms with Gasteiger partial charge in [-0.3, -0.25) is 14.9 Å². The molecule has 1 aliphatic rings. The molecule has 148 valence electrons. The summed E-state index contributed by atoms with van der Waals surface area (Å²) in [7, 11) is 0. The molecular formula is C19H20F3N5O. The van der Waals surface area contributed by atoms with Crippen LogP contribution in [-0.4, -0.2) is 28.3 Å². The van der Waals surface area contributed by atoms with Crippen LogP contribution in [0.2, 0.25) is 0 Å². The minimum Gasteiger partial charge on any atom is -0.289 e. The smallest absolute Gasteiger partial charge is 0.289 e. The monoisotopic (exact) mass is 391 g/mol. The van der Waals surface area contributed by atoms with Crippen LogP contribution in [0.3, 0.4) is 0 Å². The molecule has 3 rings (SSSR count). The van der Waals surface area contributed by atoms with Crippen LogP contribution in [0.15, 0.2) is 24.4 Å². The van der Waals surface area contributed by atoms with E-state index in [1.807, 2.05) is 13.8 Å². The lowest BCUT2D eigenvalue weighted by Gasteiger charge is -2.26. The number of aromatic nitrogens is 2. The number of anilines is 2. The zero-order chi connectivity index (χ0) is 20.6. The highest BCUT2D eigenvalue weighted by Crippen LogP contribution is 2.39. The largest absolute Gasteiger partial charge is 0.417 e. The first-order valence-corrected chi connectivity index (χ1v) is 8.98. The van der Waals surface area contributed by atoms with Crippen molar-refractivity contribution >= 4 is 17.4 Å². The number of nitriles is 1. The third-order valence-corrected chi connectivity index (χ3v) is 5.13. The number of hydrogen-bond acceptors (Lipinski definition) is 3. The predicted octanol–water partition coefficient (Wildman–Crippen LogP) is 4.61. The molecule has 2 atom stereocenters. The average molecular weight is 391 g/mol. The highest BCUT2D eigenvalue weighted by atomic mass is 19.4. The first kappa shape index (κ1) is 19.7. The standard InChI is InChI=1S/C19H20F3N5O/c1-4-15-16(5-2)27(17-10-24-25-11(17)3)18(28)26(15)13-7-6-12(9-23)14(8-13)19(20,21)22/h6-8,10,15-16H,4-5H2,1-3H3,(H,24,25). The summed E-state index contributed by atoms with van der Waals surface area (Å²) in [5.74, 6) is 0. The SMILES string of the molecule is CCC1C(CC)N(c2cn[nH]c2C)C(=O)N1c1ccc(C#N)c(C(F)(F)F)c1. The van der Waals surface area contributed by atoms with Gasteiger partial charge in [0.1, 0.15) is 0 Å². The lowest BCUT2D eigenvalue weighted by molar-refractivity contribution is -0.137. The van der Waals surface area contributed by atoms with Crippen LogP contribution >= 0.6 is 0 Å². The van der Waals surface area contributed by atoms with Crippen molar-refractivity contribution in [1.29, 1.82) is 5.26 Å². The van der Waals surface area contributed by atoms with Gasteiger partial charge in [0.15, 0.2) is 0 Å². The molecule has 0 saturated carbocycles. The van der Waals surface area contributed by atoms with E-state index in [4.69, 9.17) is 5.26 Å². The molecule has 0 spiro atoms. The quantitative estimate of drug-likeness (QED) is 0.827. The molecule has 2 unspecified atom stereocenters. The lowest BCUT2D eigenvalue weighted by Crippen LogP contribution is -2.36. The van der Waals surface area contributed by atoms with Crippen molar-refractivity contribution in [2.75, 3.05) is 9.80 Å². The van der Waals surface area contributed by atoms with Crippen LogP contribution in [0.25, 0.3) is 0 Å². The summed E-state index contributed by atoms with van der Waals surface area (Å²) in [6.45, 7) is 5.62. The number of aromatic amines is 1. The molecule has 0 radical (unpaired) electrons. The maximum Gasteiger partial charge on any atom is 0.417 e. The number of carbonyl (C=O) groups excluding carboxylic acids is 1. The Morgan fingerprint density at radius 1 is 1.21 bits per heavy atom. The Labute approximate surface area is 160 Å². The fraction of sp³-hybridized carbons (Fsp3) is 0.421. The molecule has 1 fully saturated rings. The highest BCUT2D eigenvalue weighted by Gasteiger charge is 2.46. The number of hydrogen-bond donors (Lipinski definition) is 1. The number of benzene rings is 1. The van der Waals surface area contributed by atoms with Gasteiger partial charge < -0.3 is 0 Å². The van der Waals surface area contributed by atoms with Gasteiger partial charge in [-0.05, 0) is 38.0 Å². The van der Waals surface area contributed by atoms with E-state index >= 15 is 0 Å². The first-order valence-electron chi connectivity index (χ1n) is 8.98. The lowest BCUT2D eigenvalue weighted by atomic mass is 10.0. The topological polar surface area (TPSA) is 76.0 Å². The van der Waals surface area contributed by atoms with Crippen molar-refractivity contribution in [3.8, 4) is 6.07 Å². The summed E-state index contributed by atoms with van der Waals surface area (Å²) < 4.78 is 40.2. The number of nitrogens with one attached hydrogen (secondary N) is 1. The average Bonchev–Trinajstić information content (AvgIpc) is 3.19. The molecular weight excluding hydrogens is 371 g/mol. The van der Waals surface area contributed by atoms with Crippen molar-refractivity contribution in [3.63, 3.8) is 0 Å². The predicted molar refractivity (Wildman–Crippen MR) is 98.0 cm³/mol. The van der Waals surface area contributed by atoms with Crippen molar-refractivity contribution in [2.45, 2.75) is 51.9 Å². The fourth-order valence-electron chi connectivity index (χ4n) is 3.84. The molecule has 0 bridgehead atoms. The molecule has 6 nitrogen and oxygen atoms in total. The Morgan fingerprint density at radius 3 is 2.36 bits per heavy atom. The number of nitrogens with zero attached hydrogens (tertiary/aromatic N) is 4. The first-order chi connectivity index (χ1) is 13.2. The molecule has 2 amide bonds. The van der Waals surface area contributed by atoms with E-state index in [2.05, 4.69) is 10.2 Å². The van der Waals surface area contributed by atoms with Gasteiger partial charge in [-0.2, -0.15) is 23.5 Å². The maximum absolute atomic E-state index is 13.4. The van der Waals surface area contributed by atoms with Crippen LogP contribution in [0.4, 0.5) is 29.3 Å². The maximum atomic E-state index is 13.4. The van der Waals surface area contributed by atoms with E-state index in [1.54, 1.807) is 24.1 Å². The van der Waals surface area contributed by atoms with E-state index in [0.717, 1.165) is 12.1 Å². The van der Waals surface area contributed by atoms with Gasteiger partial charge in [0.25, 0.3) is 0 Å². The summed E-state index contributed by atoms with van der Waals surface area (Å²) >= 11 is 0. The van der Waals surface area contributed by atoms with Crippen LogP contribution in [0.5, 0.6) is 0 Å². The van der Waals surface area contributed by atoms with Crippen molar-refractivity contribution in [1.82, 2.24) is 10.2 Å². The number of amides is 2. The van der Waals surface area contributed by atoms with Gasteiger partial charge in [-0.15, -0.1) is 0 Å². The van der Waals surface area contributed by atoms with E-state index in [-0.39, 0.29) is 17.8 Å². The number of H-pyrrole nitrogens is 1. The van der Waals surface area contributed by atoms with E-state index in [1.165, 1.54) is 11.0 Å². The van der Waals surface area contributed by atoms with Crippen molar-refractivity contribution in [2.24, 2.45) is 0 Å². The summed E-state index contributed by atoms with van der Waals surface area (Å²) in [6.07, 6.45) is -1.94. The van der Waals surface area contributed by atoms with Gasteiger partial charge in [-0.25, -0.2) is 4.79 Å². The Hall–Kier alpha value is -3.02. The van der Waals surface area contributed by atoms with Crippen LogP contribution in [0.1, 0.15) is 43.5 Å². The second-order valence-corrected chi connectivity index (χ2v) is 6.69. The summed E-state index contributed by atoms with van der Waals surface area (Å²) in [5, 5.41) is 15.8. The fourth-order valence-corrected chi connectivity index (χ4v) is 3.84. The Morgan fingerprint density at radius 2 is 1.86 bits per heavy atom. The number of urea groups is 1. The summed E-state index contributed by atoms with van der Waals surface area (Å²) in [5.41, 5.74) is -0.0567. The zero-order valence-corrected chi connectivity index (χ0v) is 15.7. The molecule has 9 heteroatoms. The molecule has 2 aromatic rings. The molecule has 1 aromatic carbocycles.